The average molecular weight is 416 g/mol. The number of benzene rings is 2. The Hall–Kier alpha value is -3.52. The Labute approximate surface area is 184 Å². The van der Waals surface area contributed by atoms with Crippen LogP contribution in [-0.2, 0) is 4.79 Å². The lowest BCUT2D eigenvalue weighted by Crippen LogP contribution is -2.45. The molecule has 5 heteroatoms. The summed E-state index contributed by atoms with van der Waals surface area (Å²) in [5.41, 5.74) is 4.94. The second-order valence-corrected chi connectivity index (χ2v) is 8.26. The van der Waals surface area contributed by atoms with Crippen molar-refractivity contribution in [2.45, 2.75) is 39.7 Å². The van der Waals surface area contributed by atoms with E-state index in [-0.39, 0.29) is 11.1 Å². The van der Waals surface area contributed by atoms with Gasteiger partial charge in [-0.3, -0.25) is 4.79 Å². The van der Waals surface area contributed by atoms with E-state index < -0.39 is 5.91 Å². The molecular formula is C26H29N3O2. The number of ether oxygens (including phenoxy) is 1. The Morgan fingerprint density at radius 1 is 1.23 bits per heavy atom. The van der Waals surface area contributed by atoms with Crippen molar-refractivity contribution in [3.63, 3.8) is 0 Å². The van der Waals surface area contributed by atoms with Crippen LogP contribution in [0.4, 0.5) is 11.4 Å². The second kappa shape index (κ2) is 9.09. The number of fused-ring (bicyclic) bond motifs is 1. The Bertz CT molecular complexity index is 1070. The molecule has 0 aromatic heterocycles. The molecule has 0 unspecified atom stereocenters. The molecule has 1 amide bonds. The van der Waals surface area contributed by atoms with Crippen molar-refractivity contribution in [2.75, 3.05) is 23.9 Å². The van der Waals surface area contributed by atoms with Crippen LogP contribution in [0.5, 0.6) is 5.75 Å². The molecule has 0 saturated heterocycles. The Morgan fingerprint density at radius 2 is 1.94 bits per heavy atom. The number of nitriles is 1. The van der Waals surface area contributed by atoms with Gasteiger partial charge in [0.05, 0.1) is 12.6 Å². The van der Waals surface area contributed by atoms with Crippen LogP contribution < -0.4 is 15.0 Å². The molecule has 1 aliphatic rings. The third-order valence-corrected chi connectivity index (χ3v) is 5.47. The number of nitrogens with one attached hydrogen (secondary N) is 1. The van der Waals surface area contributed by atoms with Crippen molar-refractivity contribution in [1.82, 2.24) is 0 Å². The lowest BCUT2D eigenvalue weighted by atomic mass is 9.87. The van der Waals surface area contributed by atoms with E-state index in [0.717, 1.165) is 24.1 Å². The lowest BCUT2D eigenvalue weighted by molar-refractivity contribution is -0.112. The van der Waals surface area contributed by atoms with E-state index >= 15 is 0 Å². The highest BCUT2D eigenvalue weighted by Gasteiger charge is 2.30. The Kier molecular flexibility index (Phi) is 6.50. The highest BCUT2D eigenvalue weighted by Crippen LogP contribution is 2.39. The van der Waals surface area contributed by atoms with E-state index in [2.05, 4.69) is 56.1 Å². The fraction of sp³-hybridized carbons (Fsp3) is 0.308. The van der Waals surface area contributed by atoms with Gasteiger partial charge in [0.15, 0.2) is 0 Å². The standard InChI is InChI=1S/C26H29N3O2/c1-6-13-29-24-12-7-19(15-23(24)18(2)16-26(29,3)4)14-20(17-27)25(30)28-21-8-10-22(31-5)11-9-21/h7-12,14-16H,6,13H2,1-5H3,(H,28,30)/b20-14+. The van der Waals surface area contributed by atoms with Gasteiger partial charge in [-0.1, -0.05) is 19.1 Å². The molecular weight excluding hydrogens is 386 g/mol. The van der Waals surface area contributed by atoms with E-state index in [1.807, 2.05) is 12.1 Å². The summed E-state index contributed by atoms with van der Waals surface area (Å²) in [6.45, 7) is 9.70. The van der Waals surface area contributed by atoms with Gasteiger partial charge in [0.2, 0.25) is 0 Å². The van der Waals surface area contributed by atoms with Gasteiger partial charge in [-0.2, -0.15) is 5.26 Å². The highest BCUT2D eigenvalue weighted by molar-refractivity contribution is 6.09. The predicted molar refractivity (Wildman–Crippen MR) is 127 cm³/mol. The molecule has 1 heterocycles. The molecule has 2 aromatic rings. The van der Waals surface area contributed by atoms with E-state index in [1.165, 1.54) is 11.3 Å². The van der Waals surface area contributed by atoms with Gasteiger partial charge in [0, 0.05) is 23.5 Å². The number of carbonyl (C=O) groups is 1. The van der Waals surface area contributed by atoms with Crippen molar-refractivity contribution in [3.8, 4) is 11.8 Å². The van der Waals surface area contributed by atoms with Crippen molar-refractivity contribution in [2.24, 2.45) is 0 Å². The van der Waals surface area contributed by atoms with Crippen LogP contribution in [-0.4, -0.2) is 25.1 Å². The van der Waals surface area contributed by atoms with E-state index in [4.69, 9.17) is 4.74 Å². The van der Waals surface area contributed by atoms with Crippen LogP contribution in [0.1, 0.15) is 45.2 Å². The van der Waals surface area contributed by atoms with Crippen LogP contribution in [0.25, 0.3) is 11.6 Å². The van der Waals surface area contributed by atoms with Gasteiger partial charge in [-0.05, 0) is 80.8 Å². The van der Waals surface area contributed by atoms with Gasteiger partial charge in [0.1, 0.15) is 17.4 Å². The molecule has 31 heavy (non-hydrogen) atoms. The smallest absolute Gasteiger partial charge is 0.266 e. The van der Waals surface area contributed by atoms with Crippen LogP contribution in [0, 0.1) is 11.3 Å². The normalized spacial score (nSPS) is 14.9. The fourth-order valence-electron chi connectivity index (χ4n) is 4.01. The Balaban J connectivity index is 1.89. The van der Waals surface area contributed by atoms with Gasteiger partial charge in [-0.15, -0.1) is 0 Å². The number of allylic oxidation sites excluding steroid dienone is 1. The van der Waals surface area contributed by atoms with Crippen molar-refractivity contribution >= 4 is 28.9 Å². The quantitative estimate of drug-likeness (QED) is 0.489. The topological polar surface area (TPSA) is 65.4 Å². The lowest BCUT2D eigenvalue weighted by Gasteiger charge is -2.43. The minimum absolute atomic E-state index is 0.0546. The number of amides is 1. The third-order valence-electron chi connectivity index (χ3n) is 5.47. The molecule has 3 rings (SSSR count). The molecule has 0 aliphatic carbocycles. The van der Waals surface area contributed by atoms with Crippen molar-refractivity contribution < 1.29 is 9.53 Å². The van der Waals surface area contributed by atoms with Crippen molar-refractivity contribution in [3.05, 3.63) is 65.2 Å². The number of nitrogens with zero attached hydrogens (tertiary/aromatic N) is 2. The first-order valence-corrected chi connectivity index (χ1v) is 10.5. The van der Waals surface area contributed by atoms with Crippen LogP contribution in [0.2, 0.25) is 0 Å². The number of methoxy groups -OCH3 is 1. The first-order chi connectivity index (χ1) is 14.8. The first-order valence-electron chi connectivity index (χ1n) is 10.5. The molecule has 0 bridgehead atoms. The van der Waals surface area contributed by atoms with Crippen molar-refractivity contribution in [1.29, 1.82) is 5.26 Å². The van der Waals surface area contributed by atoms with E-state index in [9.17, 15) is 10.1 Å². The maximum absolute atomic E-state index is 12.6. The molecule has 0 radical (unpaired) electrons. The van der Waals surface area contributed by atoms with Gasteiger partial charge < -0.3 is 15.0 Å². The number of hydrogen-bond acceptors (Lipinski definition) is 4. The zero-order valence-corrected chi connectivity index (χ0v) is 18.8. The number of carbonyl (C=O) groups excluding carboxylic acids is 1. The fourth-order valence-corrected chi connectivity index (χ4v) is 4.01. The number of anilines is 2. The maximum atomic E-state index is 12.6. The molecule has 0 saturated carbocycles. The zero-order valence-electron chi connectivity index (χ0n) is 18.8. The summed E-state index contributed by atoms with van der Waals surface area (Å²) in [7, 11) is 1.59. The molecule has 0 atom stereocenters. The largest absolute Gasteiger partial charge is 0.497 e. The second-order valence-electron chi connectivity index (χ2n) is 8.26. The molecule has 160 valence electrons. The maximum Gasteiger partial charge on any atom is 0.266 e. The summed E-state index contributed by atoms with van der Waals surface area (Å²) >= 11 is 0. The van der Waals surface area contributed by atoms with Gasteiger partial charge >= 0.3 is 0 Å². The molecule has 1 N–H and O–H groups in total. The summed E-state index contributed by atoms with van der Waals surface area (Å²) in [6, 6.07) is 15.1. The minimum atomic E-state index is -0.439. The molecule has 1 aliphatic heterocycles. The van der Waals surface area contributed by atoms with Gasteiger partial charge in [0.25, 0.3) is 5.91 Å². The molecule has 2 aromatic carbocycles. The molecule has 0 fully saturated rings. The van der Waals surface area contributed by atoms with Gasteiger partial charge in [-0.25, -0.2) is 0 Å². The molecule has 0 spiro atoms. The summed E-state index contributed by atoms with van der Waals surface area (Å²) in [4.78, 5) is 15.0. The summed E-state index contributed by atoms with van der Waals surface area (Å²) in [6.07, 6.45) is 4.97. The summed E-state index contributed by atoms with van der Waals surface area (Å²) in [5, 5.41) is 12.3. The Morgan fingerprint density at radius 3 is 2.55 bits per heavy atom. The van der Waals surface area contributed by atoms with Crippen LogP contribution in [0.3, 0.4) is 0 Å². The zero-order chi connectivity index (χ0) is 22.6. The highest BCUT2D eigenvalue weighted by atomic mass is 16.5. The van der Waals surface area contributed by atoms with Crippen LogP contribution >= 0.6 is 0 Å². The number of hydrogen-bond donors (Lipinski definition) is 1. The van der Waals surface area contributed by atoms with E-state index in [1.54, 1.807) is 37.5 Å². The SMILES string of the molecule is CCCN1c2ccc(/C=C(\C#N)C(=O)Nc3ccc(OC)cc3)cc2C(C)=CC1(C)C. The third kappa shape index (κ3) is 4.80. The monoisotopic (exact) mass is 415 g/mol. The first kappa shape index (κ1) is 22.2. The van der Waals surface area contributed by atoms with E-state index in [0.29, 0.717) is 11.4 Å². The molecule has 5 nitrogen and oxygen atoms in total. The minimum Gasteiger partial charge on any atom is -0.497 e. The predicted octanol–water partition coefficient (Wildman–Crippen LogP) is 5.65. The summed E-state index contributed by atoms with van der Waals surface area (Å²) < 4.78 is 5.13. The summed E-state index contributed by atoms with van der Waals surface area (Å²) in [5.74, 6) is 0.262. The average Bonchev–Trinajstić information content (AvgIpc) is 2.75. The number of rotatable bonds is 6. The van der Waals surface area contributed by atoms with Crippen LogP contribution in [0.15, 0.2) is 54.1 Å².